The highest BCUT2D eigenvalue weighted by Gasteiger charge is 2.19. The van der Waals surface area contributed by atoms with Gasteiger partial charge in [0.05, 0.1) is 6.54 Å². The SMILES string of the molecule is Clc1ccc(N2Cc3ccccc3S2)cc1. The molecule has 2 aromatic carbocycles. The molecular weight excluding hydrogens is 238 g/mol. The zero-order valence-corrected chi connectivity index (χ0v) is 10.1. The molecule has 16 heavy (non-hydrogen) atoms. The summed E-state index contributed by atoms with van der Waals surface area (Å²) >= 11 is 7.67. The molecule has 0 saturated carbocycles. The van der Waals surface area contributed by atoms with E-state index in [-0.39, 0.29) is 0 Å². The summed E-state index contributed by atoms with van der Waals surface area (Å²) in [5, 5.41) is 0.783. The van der Waals surface area contributed by atoms with Crippen LogP contribution in [-0.2, 0) is 6.54 Å². The number of hydrogen-bond acceptors (Lipinski definition) is 2. The van der Waals surface area contributed by atoms with Gasteiger partial charge in [-0.3, -0.25) is 0 Å². The van der Waals surface area contributed by atoms with Crippen molar-refractivity contribution >= 4 is 29.2 Å². The first-order chi connectivity index (χ1) is 7.83. The van der Waals surface area contributed by atoms with Crippen LogP contribution in [0.15, 0.2) is 53.4 Å². The summed E-state index contributed by atoms with van der Waals surface area (Å²) in [6.45, 7) is 0.961. The minimum Gasteiger partial charge on any atom is -0.308 e. The summed E-state index contributed by atoms with van der Waals surface area (Å²) in [6.07, 6.45) is 0. The van der Waals surface area contributed by atoms with Gasteiger partial charge in [-0.1, -0.05) is 29.8 Å². The average Bonchev–Trinajstić information content (AvgIpc) is 2.73. The van der Waals surface area contributed by atoms with Crippen molar-refractivity contribution in [2.45, 2.75) is 11.4 Å². The van der Waals surface area contributed by atoms with E-state index in [1.807, 2.05) is 12.1 Å². The third-order valence-corrected chi connectivity index (χ3v) is 4.02. The minimum atomic E-state index is 0.783. The van der Waals surface area contributed by atoms with Gasteiger partial charge in [0, 0.05) is 15.6 Å². The maximum Gasteiger partial charge on any atom is 0.0561 e. The molecule has 3 rings (SSSR count). The molecule has 0 atom stereocenters. The standard InChI is InChI=1S/C13H10ClNS/c14-11-5-7-12(8-6-11)15-9-10-3-1-2-4-13(10)16-15/h1-8H,9H2. The second-order valence-electron chi connectivity index (χ2n) is 3.71. The Bertz CT molecular complexity index is 485. The van der Waals surface area contributed by atoms with Gasteiger partial charge in [-0.05, 0) is 47.8 Å². The average molecular weight is 248 g/mol. The Morgan fingerprint density at radius 3 is 2.50 bits per heavy atom. The first-order valence-electron chi connectivity index (χ1n) is 5.12. The zero-order valence-electron chi connectivity index (χ0n) is 8.56. The van der Waals surface area contributed by atoms with Crippen LogP contribution in [0.3, 0.4) is 0 Å². The van der Waals surface area contributed by atoms with E-state index in [9.17, 15) is 0 Å². The molecule has 0 bridgehead atoms. The second kappa shape index (κ2) is 4.04. The number of fused-ring (bicyclic) bond motifs is 1. The van der Waals surface area contributed by atoms with Crippen molar-refractivity contribution in [1.82, 2.24) is 0 Å². The lowest BCUT2D eigenvalue weighted by molar-refractivity contribution is 1.06. The van der Waals surface area contributed by atoms with E-state index in [1.165, 1.54) is 16.1 Å². The quantitative estimate of drug-likeness (QED) is 0.689. The molecule has 1 aliphatic rings. The molecule has 1 aliphatic heterocycles. The smallest absolute Gasteiger partial charge is 0.0561 e. The summed E-state index contributed by atoms with van der Waals surface area (Å²) in [6, 6.07) is 16.5. The highest BCUT2D eigenvalue weighted by molar-refractivity contribution is 8.01. The predicted octanol–water partition coefficient (Wildman–Crippen LogP) is 4.37. The molecule has 0 spiro atoms. The van der Waals surface area contributed by atoms with Gasteiger partial charge >= 0.3 is 0 Å². The van der Waals surface area contributed by atoms with Gasteiger partial charge in [-0.15, -0.1) is 0 Å². The molecule has 1 heterocycles. The Labute approximate surface area is 104 Å². The van der Waals surface area contributed by atoms with Crippen LogP contribution < -0.4 is 4.31 Å². The van der Waals surface area contributed by atoms with Crippen LogP contribution in [0.2, 0.25) is 5.02 Å². The van der Waals surface area contributed by atoms with Crippen LogP contribution in [0.1, 0.15) is 5.56 Å². The lowest BCUT2D eigenvalue weighted by Gasteiger charge is -2.15. The van der Waals surface area contributed by atoms with Crippen LogP contribution in [0, 0.1) is 0 Å². The van der Waals surface area contributed by atoms with Gasteiger partial charge in [-0.2, -0.15) is 0 Å². The number of anilines is 1. The first kappa shape index (κ1) is 10.1. The van der Waals surface area contributed by atoms with E-state index in [0.29, 0.717) is 0 Å². The van der Waals surface area contributed by atoms with Crippen molar-refractivity contribution in [2.24, 2.45) is 0 Å². The number of hydrogen-bond donors (Lipinski definition) is 0. The van der Waals surface area contributed by atoms with Crippen molar-refractivity contribution in [1.29, 1.82) is 0 Å². The van der Waals surface area contributed by atoms with Crippen molar-refractivity contribution < 1.29 is 0 Å². The van der Waals surface area contributed by atoms with E-state index in [0.717, 1.165) is 11.6 Å². The summed E-state index contributed by atoms with van der Waals surface area (Å²) in [7, 11) is 0. The Balaban J connectivity index is 1.88. The minimum absolute atomic E-state index is 0.783. The van der Waals surface area contributed by atoms with E-state index < -0.39 is 0 Å². The van der Waals surface area contributed by atoms with E-state index in [1.54, 1.807) is 11.9 Å². The lowest BCUT2D eigenvalue weighted by atomic mass is 10.2. The molecule has 1 nitrogen and oxygen atoms in total. The third kappa shape index (κ3) is 1.79. The van der Waals surface area contributed by atoms with Crippen molar-refractivity contribution in [3.8, 4) is 0 Å². The summed E-state index contributed by atoms with van der Waals surface area (Å²) in [4.78, 5) is 1.34. The highest BCUT2D eigenvalue weighted by Crippen LogP contribution is 2.39. The van der Waals surface area contributed by atoms with Gasteiger partial charge < -0.3 is 4.31 Å². The Hall–Kier alpha value is -1.12. The molecule has 3 heteroatoms. The highest BCUT2D eigenvalue weighted by atomic mass is 35.5. The fourth-order valence-corrected chi connectivity index (χ4v) is 2.96. The molecule has 0 N–H and O–H groups in total. The Morgan fingerprint density at radius 2 is 1.75 bits per heavy atom. The molecule has 0 fully saturated rings. The monoisotopic (exact) mass is 247 g/mol. The van der Waals surface area contributed by atoms with Crippen molar-refractivity contribution in [3.63, 3.8) is 0 Å². The summed E-state index contributed by atoms with van der Waals surface area (Å²) < 4.78 is 2.28. The molecule has 0 saturated heterocycles. The van der Waals surface area contributed by atoms with Gasteiger partial charge in [0.15, 0.2) is 0 Å². The van der Waals surface area contributed by atoms with Crippen molar-refractivity contribution in [2.75, 3.05) is 4.31 Å². The molecule has 0 aliphatic carbocycles. The second-order valence-corrected chi connectivity index (χ2v) is 5.21. The van der Waals surface area contributed by atoms with Gasteiger partial charge in [0.25, 0.3) is 0 Å². The van der Waals surface area contributed by atoms with Crippen LogP contribution in [-0.4, -0.2) is 0 Å². The summed E-state index contributed by atoms with van der Waals surface area (Å²) in [5.41, 5.74) is 2.59. The van der Waals surface area contributed by atoms with Gasteiger partial charge in [0.2, 0.25) is 0 Å². The number of halogens is 1. The molecule has 0 aromatic heterocycles. The first-order valence-corrected chi connectivity index (χ1v) is 6.27. The normalized spacial score (nSPS) is 13.9. The lowest BCUT2D eigenvalue weighted by Crippen LogP contribution is -2.06. The largest absolute Gasteiger partial charge is 0.308 e. The van der Waals surface area contributed by atoms with Crippen LogP contribution >= 0.6 is 23.5 Å². The van der Waals surface area contributed by atoms with Gasteiger partial charge in [0.1, 0.15) is 0 Å². The molecule has 80 valence electrons. The van der Waals surface area contributed by atoms with E-state index in [2.05, 4.69) is 40.7 Å². The zero-order chi connectivity index (χ0) is 11.0. The third-order valence-electron chi connectivity index (χ3n) is 2.61. The molecule has 2 aromatic rings. The topological polar surface area (TPSA) is 3.24 Å². The van der Waals surface area contributed by atoms with Crippen LogP contribution in [0.4, 0.5) is 5.69 Å². The fourth-order valence-electron chi connectivity index (χ4n) is 1.78. The fraction of sp³-hybridized carbons (Fsp3) is 0.0769. The molecule has 0 unspecified atom stereocenters. The number of rotatable bonds is 1. The predicted molar refractivity (Wildman–Crippen MR) is 69.9 cm³/mol. The molecule has 0 amide bonds. The summed E-state index contributed by atoms with van der Waals surface area (Å²) in [5.74, 6) is 0. The van der Waals surface area contributed by atoms with Gasteiger partial charge in [-0.25, -0.2) is 0 Å². The maximum absolute atomic E-state index is 5.88. The number of nitrogens with zero attached hydrogens (tertiary/aromatic N) is 1. The molecule has 0 radical (unpaired) electrons. The Morgan fingerprint density at radius 1 is 1.00 bits per heavy atom. The van der Waals surface area contributed by atoms with E-state index in [4.69, 9.17) is 11.6 Å². The van der Waals surface area contributed by atoms with Crippen LogP contribution in [0.25, 0.3) is 0 Å². The van der Waals surface area contributed by atoms with E-state index >= 15 is 0 Å². The Kier molecular flexibility index (Phi) is 2.54. The maximum atomic E-state index is 5.88. The number of benzene rings is 2. The molecular formula is C13H10ClNS. The van der Waals surface area contributed by atoms with Crippen molar-refractivity contribution in [3.05, 3.63) is 59.1 Å². The van der Waals surface area contributed by atoms with Crippen LogP contribution in [0.5, 0.6) is 0 Å².